The van der Waals surface area contributed by atoms with Gasteiger partial charge in [-0.15, -0.1) is 11.8 Å². The summed E-state index contributed by atoms with van der Waals surface area (Å²) >= 11 is 1.56. The predicted octanol–water partition coefficient (Wildman–Crippen LogP) is 3.83. The van der Waals surface area contributed by atoms with Gasteiger partial charge in [0.2, 0.25) is 5.82 Å². The minimum Gasteiger partial charge on any atom is -0.334 e. The fourth-order valence-electron chi connectivity index (χ4n) is 1.95. The number of aryl methyl sites for hydroxylation is 1. The van der Waals surface area contributed by atoms with Crippen LogP contribution in [0, 0.1) is 6.92 Å². The molecular weight excluding hydrogens is 270 g/mol. The Kier molecular flexibility index (Phi) is 3.52. The molecule has 0 amide bonds. The average Bonchev–Trinajstić information content (AvgIpc) is 2.97. The molecule has 0 atom stereocenters. The second kappa shape index (κ2) is 5.46. The maximum absolute atomic E-state index is 5.37. The molecule has 2 aromatic heterocycles. The molecule has 0 radical (unpaired) electrons. The van der Waals surface area contributed by atoms with Crippen LogP contribution >= 0.6 is 11.8 Å². The van der Waals surface area contributed by atoms with E-state index in [1.54, 1.807) is 18.0 Å². The van der Waals surface area contributed by atoms with Crippen LogP contribution in [-0.2, 0) is 0 Å². The molecule has 100 valence electrons. The number of pyridine rings is 1. The van der Waals surface area contributed by atoms with E-state index in [0.717, 1.165) is 16.2 Å². The first kappa shape index (κ1) is 12.9. The minimum absolute atomic E-state index is 0.499. The second-order valence-corrected chi connectivity index (χ2v) is 5.15. The van der Waals surface area contributed by atoms with Crippen molar-refractivity contribution in [2.24, 2.45) is 0 Å². The zero-order valence-electron chi connectivity index (χ0n) is 11.2. The van der Waals surface area contributed by atoms with Crippen molar-refractivity contribution in [3.05, 3.63) is 48.2 Å². The topological polar surface area (TPSA) is 51.8 Å². The van der Waals surface area contributed by atoms with Gasteiger partial charge in [0.05, 0.1) is 5.56 Å². The quantitative estimate of drug-likeness (QED) is 0.684. The normalized spacial score (nSPS) is 10.7. The van der Waals surface area contributed by atoms with Crippen molar-refractivity contribution in [1.29, 1.82) is 0 Å². The third-order valence-corrected chi connectivity index (χ3v) is 3.61. The first-order valence-corrected chi connectivity index (χ1v) is 7.40. The lowest BCUT2D eigenvalue weighted by atomic mass is 10.1. The fraction of sp³-hybridized carbons (Fsp3) is 0.133. The third-order valence-electron chi connectivity index (χ3n) is 2.90. The van der Waals surface area contributed by atoms with Crippen molar-refractivity contribution in [3.63, 3.8) is 0 Å². The van der Waals surface area contributed by atoms with Crippen molar-refractivity contribution in [1.82, 2.24) is 15.1 Å². The maximum Gasteiger partial charge on any atom is 0.260 e. The lowest BCUT2D eigenvalue weighted by Crippen LogP contribution is -1.86. The van der Waals surface area contributed by atoms with E-state index in [1.165, 1.54) is 5.56 Å². The first-order valence-electron chi connectivity index (χ1n) is 6.18. The van der Waals surface area contributed by atoms with Gasteiger partial charge in [0.25, 0.3) is 5.89 Å². The molecule has 0 unspecified atom stereocenters. The monoisotopic (exact) mass is 283 g/mol. The van der Waals surface area contributed by atoms with E-state index >= 15 is 0 Å². The number of aromatic nitrogens is 3. The highest BCUT2D eigenvalue weighted by atomic mass is 32.2. The molecule has 5 heteroatoms. The molecule has 4 nitrogen and oxygen atoms in total. The Morgan fingerprint density at radius 1 is 1.15 bits per heavy atom. The molecule has 3 rings (SSSR count). The van der Waals surface area contributed by atoms with E-state index in [2.05, 4.69) is 15.1 Å². The number of nitrogens with zero attached hydrogens (tertiary/aromatic N) is 3. The van der Waals surface area contributed by atoms with E-state index in [-0.39, 0.29) is 0 Å². The first-order chi connectivity index (χ1) is 9.78. The average molecular weight is 283 g/mol. The molecule has 1 aromatic carbocycles. The summed E-state index contributed by atoms with van der Waals surface area (Å²) < 4.78 is 5.37. The molecule has 0 N–H and O–H groups in total. The number of thioether (sulfide) groups is 1. The molecule has 0 bridgehead atoms. The number of rotatable bonds is 3. The standard InChI is InChI=1S/C15H13N3OS/c1-10-5-3-6-11(9-10)13-17-14(19-18-13)12-7-4-8-16-15(12)20-2/h3-9H,1-2H3. The Balaban J connectivity index is 2.02. The summed E-state index contributed by atoms with van der Waals surface area (Å²) in [5.41, 5.74) is 2.99. The molecule has 0 saturated heterocycles. The Bertz CT molecular complexity index is 739. The third kappa shape index (κ3) is 2.44. The number of benzene rings is 1. The van der Waals surface area contributed by atoms with Crippen LogP contribution in [0.5, 0.6) is 0 Å². The second-order valence-electron chi connectivity index (χ2n) is 4.35. The molecule has 0 fully saturated rings. The van der Waals surface area contributed by atoms with E-state index in [9.17, 15) is 0 Å². The highest BCUT2D eigenvalue weighted by Gasteiger charge is 2.14. The van der Waals surface area contributed by atoms with Gasteiger partial charge in [0.1, 0.15) is 5.03 Å². The molecule has 0 saturated carbocycles. The highest BCUT2D eigenvalue weighted by Crippen LogP contribution is 2.28. The van der Waals surface area contributed by atoms with Gasteiger partial charge in [0, 0.05) is 11.8 Å². The van der Waals surface area contributed by atoms with Gasteiger partial charge >= 0.3 is 0 Å². The van der Waals surface area contributed by atoms with Crippen molar-refractivity contribution in [3.8, 4) is 22.8 Å². The van der Waals surface area contributed by atoms with E-state index in [4.69, 9.17) is 4.52 Å². The van der Waals surface area contributed by atoms with Gasteiger partial charge < -0.3 is 4.52 Å². The summed E-state index contributed by atoms with van der Waals surface area (Å²) in [5, 5.41) is 4.94. The van der Waals surface area contributed by atoms with Crippen LogP contribution in [-0.4, -0.2) is 21.4 Å². The van der Waals surface area contributed by atoms with E-state index in [0.29, 0.717) is 11.7 Å². The van der Waals surface area contributed by atoms with Crippen LogP contribution in [0.4, 0.5) is 0 Å². The smallest absolute Gasteiger partial charge is 0.260 e. The zero-order chi connectivity index (χ0) is 13.9. The van der Waals surface area contributed by atoms with E-state index < -0.39 is 0 Å². The lowest BCUT2D eigenvalue weighted by molar-refractivity contribution is 0.431. The Labute approximate surface area is 121 Å². The van der Waals surface area contributed by atoms with E-state index in [1.807, 2.05) is 49.6 Å². The predicted molar refractivity (Wildman–Crippen MR) is 79.5 cm³/mol. The molecule has 0 aliphatic carbocycles. The summed E-state index contributed by atoms with van der Waals surface area (Å²) in [6.45, 7) is 2.04. The SMILES string of the molecule is CSc1ncccc1-c1nc(-c2cccc(C)c2)no1. The van der Waals surface area contributed by atoms with Crippen LogP contribution in [0.3, 0.4) is 0 Å². The lowest BCUT2D eigenvalue weighted by Gasteiger charge is -1.99. The van der Waals surface area contributed by atoms with Crippen LogP contribution < -0.4 is 0 Å². The number of hydrogen-bond donors (Lipinski definition) is 0. The molecule has 0 spiro atoms. The summed E-state index contributed by atoms with van der Waals surface area (Å²) in [6.07, 6.45) is 3.73. The van der Waals surface area contributed by atoms with Gasteiger partial charge in [0.15, 0.2) is 0 Å². The van der Waals surface area contributed by atoms with Crippen molar-refractivity contribution >= 4 is 11.8 Å². The van der Waals surface area contributed by atoms with Gasteiger partial charge in [-0.2, -0.15) is 4.98 Å². The van der Waals surface area contributed by atoms with Crippen molar-refractivity contribution in [2.75, 3.05) is 6.26 Å². The highest BCUT2D eigenvalue weighted by molar-refractivity contribution is 7.98. The molecular formula is C15H13N3OS. The molecule has 3 aromatic rings. The van der Waals surface area contributed by atoms with Crippen molar-refractivity contribution < 1.29 is 4.52 Å². The minimum atomic E-state index is 0.499. The van der Waals surface area contributed by atoms with Crippen LogP contribution in [0.15, 0.2) is 52.1 Å². The number of hydrogen-bond acceptors (Lipinski definition) is 5. The van der Waals surface area contributed by atoms with Gasteiger partial charge in [-0.05, 0) is 31.4 Å². The fourth-order valence-corrected chi connectivity index (χ4v) is 2.49. The molecule has 0 aliphatic rings. The van der Waals surface area contributed by atoms with Crippen molar-refractivity contribution in [2.45, 2.75) is 11.9 Å². The Morgan fingerprint density at radius 3 is 2.85 bits per heavy atom. The summed E-state index contributed by atoms with van der Waals surface area (Å²) in [7, 11) is 0. The molecule has 20 heavy (non-hydrogen) atoms. The summed E-state index contributed by atoms with van der Waals surface area (Å²) in [6, 6.07) is 11.8. The summed E-state index contributed by atoms with van der Waals surface area (Å²) in [4.78, 5) is 8.77. The largest absolute Gasteiger partial charge is 0.334 e. The van der Waals surface area contributed by atoms with Crippen LogP contribution in [0.1, 0.15) is 5.56 Å². The maximum atomic E-state index is 5.37. The molecule has 0 aliphatic heterocycles. The van der Waals surface area contributed by atoms with Gasteiger partial charge in [-0.1, -0.05) is 28.9 Å². The van der Waals surface area contributed by atoms with Crippen LogP contribution in [0.2, 0.25) is 0 Å². The Morgan fingerprint density at radius 2 is 2.05 bits per heavy atom. The van der Waals surface area contributed by atoms with Gasteiger partial charge in [-0.25, -0.2) is 4.98 Å². The Hall–Kier alpha value is -2.14. The van der Waals surface area contributed by atoms with Gasteiger partial charge in [-0.3, -0.25) is 0 Å². The molecule has 2 heterocycles. The summed E-state index contributed by atoms with van der Waals surface area (Å²) in [5.74, 6) is 1.10. The van der Waals surface area contributed by atoms with Crippen LogP contribution in [0.25, 0.3) is 22.8 Å². The zero-order valence-corrected chi connectivity index (χ0v) is 12.0.